The van der Waals surface area contributed by atoms with Gasteiger partial charge in [0, 0.05) is 20.0 Å². The summed E-state index contributed by atoms with van der Waals surface area (Å²) in [7, 11) is -1.24. The summed E-state index contributed by atoms with van der Waals surface area (Å²) in [5.74, 6) is -0.585. The summed E-state index contributed by atoms with van der Waals surface area (Å²) in [6, 6.07) is 29.3. The zero-order valence-corrected chi connectivity index (χ0v) is 25.7. The number of sulfonamides is 1. The van der Waals surface area contributed by atoms with E-state index in [2.05, 4.69) is 5.32 Å². The van der Waals surface area contributed by atoms with Crippen LogP contribution in [0.2, 0.25) is 0 Å². The van der Waals surface area contributed by atoms with Gasteiger partial charge >= 0.3 is 0 Å². The summed E-state index contributed by atoms with van der Waals surface area (Å²) < 4.78 is 34.9. The van der Waals surface area contributed by atoms with Crippen molar-refractivity contribution in [1.29, 1.82) is 0 Å². The molecular weight excluding hydrogens is 562 g/mol. The van der Waals surface area contributed by atoms with Crippen molar-refractivity contribution in [3.8, 4) is 5.75 Å². The summed E-state index contributed by atoms with van der Waals surface area (Å²) in [5.41, 5.74) is 3.76. The van der Waals surface area contributed by atoms with E-state index in [1.54, 1.807) is 30.3 Å². The predicted octanol–water partition coefficient (Wildman–Crippen LogP) is 4.89. The van der Waals surface area contributed by atoms with Gasteiger partial charge < -0.3 is 15.0 Å². The number of rotatable bonds is 12. The number of ether oxygens (including phenoxy) is 1. The summed E-state index contributed by atoms with van der Waals surface area (Å²) in [6.07, 6.45) is 0.247. The molecule has 4 aromatic carbocycles. The highest BCUT2D eigenvalue weighted by Crippen LogP contribution is 2.34. The fraction of sp³-hybridized carbons (Fsp3) is 0.235. The smallest absolute Gasteiger partial charge is 0.264 e. The monoisotopic (exact) mass is 599 g/mol. The molecule has 2 amide bonds. The van der Waals surface area contributed by atoms with Gasteiger partial charge in [-0.1, -0.05) is 84.4 Å². The van der Waals surface area contributed by atoms with Gasteiger partial charge in [0.2, 0.25) is 11.8 Å². The van der Waals surface area contributed by atoms with Gasteiger partial charge in [-0.2, -0.15) is 0 Å². The van der Waals surface area contributed by atoms with Gasteiger partial charge in [-0.15, -0.1) is 0 Å². The lowest BCUT2D eigenvalue weighted by Gasteiger charge is -2.34. The predicted molar refractivity (Wildman–Crippen MR) is 168 cm³/mol. The minimum atomic E-state index is -4.22. The molecule has 0 unspecified atom stereocenters. The van der Waals surface area contributed by atoms with Gasteiger partial charge in [0.05, 0.1) is 17.7 Å². The molecule has 9 heteroatoms. The SMILES string of the molecule is CNC(=O)[C@H](Cc1ccccc1)N(Cc1ccc(C)cc1)C(=O)CN(c1cc(C)ccc1OC)S(=O)(=O)c1ccccc1. The maximum absolute atomic E-state index is 14.4. The van der Waals surface area contributed by atoms with Crippen molar-refractivity contribution in [3.05, 3.63) is 125 Å². The van der Waals surface area contributed by atoms with E-state index >= 15 is 0 Å². The Labute approximate surface area is 254 Å². The van der Waals surface area contributed by atoms with Gasteiger partial charge in [-0.05, 0) is 54.8 Å². The highest BCUT2D eigenvalue weighted by molar-refractivity contribution is 7.92. The first-order chi connectivity index (χ1) is 20.6. The molecule has 0 spiro atoms. The fourth-order valence-corrected chi connectivity index (χ4v) is 6.28. The van der Waals surface area contributed by atoms with Crippen LogP contribution >= 0.6 is 0 Å². The van der Waals surface area contributed by atoms with Crippen LogP contribution in [0.25, 0.3) is 0 Å². The Bertz CT molecular complexity index is 1640. The van der Waals surface area contributed by atoms with E-state index in [4.69, 9.17) is 4.74 Å². The first kappa shape index (κ1) is 31.3. The molecule has 0 aromatic heterocycles. The van der Waals surface area contributed by atoms with Crippen molar-refractivity contribution in [2.75, 3.05) is 25.0 Å². The molecule has 0 saturated heterocycles. The maximum Gasteiger partial charge on any atom is 0.264 e. The van der Waals surface area contributed by atoms with Gasteiger partial charge in [-0.25, -0.2) is 8.42 Å². The van der Waals surface area contributed by atoms with E-state index in [0.29, 0.717) is 5.75 Å². The Hall–Kier alpha value is -4.63. The van der Waals surface area contributed by atoms with Crippen LogP contribution in [0.4, 0.5) is 5.69 Å². The molecule has 0 aliphatic carbocycles. The minimum absolute atomic E-state index is 0.0311. The number of benzene rings is 4. The molecule has 0 aliphatic rings. The van der Waals surface area contributed by atoms with Crippen LogP contribution in [0.15, 0.2) is 108 Å². The van der Waals surface area contributed by atoms with Crippen LogP contribution in [0.5, 0.6) is 5.75 Å². The molecule has 224 valence electrons. The lowest BCUT2D eigenvalue weighted by molar-refractivity contribution is -0.139. The number of amides is 2. The Morgan fingerprint density at radius 3 is 2.02 bits per heavy atom. The Balaban J connectivity index is 1.82. The van der Waals surface area contributed by atoms with E-state index in [1.807, 2.05) is 74.5 Å². The summed E-state index contributed by atoms with van der Waals surface area (Å²) in [5, 5.41) is 2.70. The second kappa shape index (κ2) is 14.0. The summed E-state index contributed by atoms with van der Waals surface area (Å²) >= 11 is 0. The Kier molecular flexibility index (Phi) is 10.2. The topological polar surface area (TPSA) is 96.0 Å². The molecule has 4 rings (SSSR count). The van der Waals surface area contributed by atoms with Crippen molar-refractivity contribution < 1.29 is 22.7 Å². The first-order valence-electron chi connectivity index (χ1n) is 14.0. The number of hydrogen-bond donors (Lipinski definition) is 1. The van der Waals surface area contributed by atoms with Gasteiger partial charge in [0.25, 0.3) is 10.0 Å². The zero-order valence-electron chi connectivity index (χ0n) is 24.9. The largest absolute Gasteiger partial charge is 0.495 e. The van der Waals surface area contributed by atoms with Gasteiger partial charge in [-0.3, -0.25) is 13.9 Å². The lowest BCUT2D eigenvalue weighted by atomic mass is 10.0. The normalized spacial score (nSPS) is 11.8. The molecular formula is C34H37N3O5S. The summed E-state index contributed by atoms with van der Waals surface area (Å²) in [4.78, 5) is 29.3. The molecule has 0 aliphatic heterocycles. The van der Waals surface area contributed by atoms with E-state index in [1.165, 1.54) is 31.2 Å². The highest BCUT2D eigenvalue weighted by Gasteiger charge is 2.35. The van der Waals surface area contributed by atoms with Gasteiger partial charge in [0.15, 0.2) is 0 Å². The number of likely N-dealkylation sites (N-methyl/N-ethyl adjacent to an activating group) is 1. The number of anilines is 1. The molecule has 43 heavy (non-hydrogen) atoms. The average Bonchev–Trinajstić information content (AvgIpc) is 3.02. The van der Waals surface area contributed by atoms with E-state index in [0.717, 1.165) is 26.6 Å². The third kappa shape index (κ3) is 7.61. The van der Waals surface area contributed by atoms with Crippen molar-refractivity contribution in [3.63, 3.8) is 0 Å². The van der Waals surface area contributed by atoms with Crippen LogP contribution in [-0.4, -0.2) is 51.9 Å². The van der Waals surface area contributed by atoms with Crippen LogP contribution < -0.4 is 14.4 Å². The number of aryl methyl sites for hydroxylation is 2. The zero-order chi connectivity index (χ0) is 31.0. The molecule has 0 radical (unpaired) electrons. The number of hydrogen-bond acceptors (Lipinski definition) is 5. The molecule has 0 heterocycles. The van der Waals surface area contributed by atoms with Crippen molar-refractivity contribution >= 4 is 27.5 Å². The van der Waals surface area contributed by atoms with E-state index < -0.39 is 28.5 Å². The average molecular weight is 600 g/mol. The van der Waals surface area contributed by atoms with Crippen LogP contribution in [0.3, 0.4) is 0 Å². The van der Waals surface area contributed by atoms with Crippen LogP contribution in [0.1, 0.15) is 22.3 Å². The quantitative estimate of drug-likeness (QED) is 0.250. The number of carbonyl (C=O) groups is 2. The third-order valence-corrected chi connectivity index (χ3v) is 8.98. The van der Waals surface area contributed by atoms with Crippen molar-refractivity contribution in [1.82, 2.24) is 10.2 Å². The molecule has 1 N–H and O–H groups in total. The molecule has 0 bridgehead atoms. The van der Waals surface area contributed by atoms with Crippen molar-refractivity contribution in [2.45, 2.75) is 37.8 Å². The van der Waals surface area contributed by atoms with Crippen LogP contribution in [-0.2, 0) is 32.6 Å². The highest BCUT2D eigenvalue weighted by atomic mass is 32.2. The molecule has 0 saturated carbocycles. The number of nitrogens with zero attached hydrogens (tertiary/aromatic N) is 2. The number of nitrogens with one attached hydrogen (secondary N) is 1. The number of carbonyl (C=O) groups excluding carboxylic acids is 2. The lowest BCUT2D eigenvalue weighted by Crippen LogP contribution is -2.53. The molecule has 4 aromatic rings. The van der Waals surface area contributed by atoms with E-state index in [9.17, 15) is 18.0 Å². The second-order valence-corrected chi connectivity index (χ2v) is 12.2. The Morgan fingerprint density at radius 2 is 1.42 bits per heavy atom. The second-order valence-electron chi connectivity index (χ2n) is 10.3. The van der Waals surface area contributed by atoms with Crippen molar-refractivity contribution in [2.24, 2.45) is 0 Å². The molecule has 8 nitrogen and oxygen atoms in total. The standard InChI is InChI=1S/C34H37N3O5S/c1-25-15-18-28(19-16-25)23-36(31(34(39)35-3)22-27-11-7-5-8-12-27)33(38)24-37(30-21-26(2)17-20-32(30)42-4)43(40,41)29-13-9-6-10-14-29/h5-21,31H,22-24H2,1-4H3,(H,35,39)/t31-/m0/s1. The first-order valence-corrected chi connectivity index (χ1v) is 15.4. The third-order valence-electron chi connectivity index (χ3n) is 7.20. The Morgan fingerprint density at radius 1 is 0.814 bits per heavy atom. The summed E-state index contributed by atoms with van der Waals surface area (Å²) in [6.45, 7) is 3.36. The van der Waals surface area contributed by atoms with Gasteiger partial charge in [0.1, 0.15) is 18.3 Å². The minimum Gasteiger partial charge on any atom is -0.495 e. The van der Waals surface area contributed by atoms with Crippen LogP contribution in [0, 0.1) is 13.8 Å². The molecule has 0 fully saturated rings. The maximum atomic E-state index is 14.4. The number of methoxy groups -OCH3 is 1. The molecule has 1 atom stereocenters. The fourth-order valence-electron chi connectivity index (χ4n) is 4.84. The van der Waals surface area contributed by atoms with E-state index in [-0.39, 0.29) is 29.5 Å².